The van der Waals surface area contributed by atoms with Gasteiger partial charge in [0.25, 0.3) is 0 Å². The van der Waals surface area contributed by atoms with Crippen molar-refractivity contribution in [2.24, 2.45) is 5.41 Å². The van der Waals surface area contributed by atoms with Gasteiger partial charge in [0.2, 0.25) is 11.8 Å². The van der Waals surface area contributed by atoms with E-state index in [0.29, 0.717) is 17.9 Å². The van der Waals surface area contributed by atoms with Gasteiger partial charge < -0.3 is 15.7 Å². The normalized spacial score (nSPS) is 11.4. The third kappa shape index (κ3) is 6.24. The number of aliphatic hydroxyl groups excluding tert-OH is 1. The largest absolute Gasteiger partial charge is 0.396 e. The van der Waals surface area contributed by atoms with Gasteiger partial charge in [0.1, 0.15) is 0 Å². The lowest BCUT2D eigenvalue weighted by Crippen LogP contribution is -2.38. The Labute approximate surface area is 131 Å². The van der Waals surface area contributed by atoms with Crippen molar-refractivity contribution < 1.29 is 14.7 Å². The molecule has 22 heavy (non-hydrogen) atoms. The molecule has 1 aromatic carbocycles. The molecule has 0 aliphatic heterocycles. The van der Waals surface area contributed by atoms with E-state index < -0.39 is 0 Å². The first kappa shape index (κ1) is 18.1. The van der Waals surface area contributed by atoms with Crippen molar-refractivity contribution in [2.75, 3.05) is 37.4 Å². The zero-order chi connectivity index (χ0) is 16.8. The highest BCUT2D eigenvalue weighted by atomic mass is 16.3. The number of benzene rings is 1. The molecule has 0 aliphatic rings. The van der Waals surface area contributed by atoms with Crippen LogP contribution < -0.4 is 10.6 Å². The lowest BCUT2D eigenvalue weighted by atomic mass is 9.94. The van der Waals surface area contributed by atoms with Gasteiger partial charge in [-0.3, -0.25) is 14.5 Å². The molecule has 3 N–H and O–H groups in total. The third-order valence-electron chi connectivity index (χ3n) is 3.05. The predicted octanol–water partition coefficient (Wildman–Crippen LogP) is 1.53. The maximum absolute atomic E-state index is 12.1. The van der Waals surface area contributed by atoms with Crippen LogP contribution in [-0.2, 0) is 9.59 Å². The summed E-state index contributed by atoms with van der Waals surface area (Å²) < 4.78 is 0. The summed E-state index contributed by atoms with van der Waals surface area (Å²) >= 11 is 0. The minimum atomic E-state index is -0.261. The molecule has 0 radical (unpaired) electrons. The van der Waals surface area contributed by atoms with Crippen LogP contribution in [0.1, 0.15) is 20.8 Å². The number of likely N-dealkylation sites (N-methyl/N-ethyl adjacent to an activating group) is 1. The van der Waals surface area contributed by atoms with E-state index in [2.05, 4.69) is 10.6 Å². The van der Waals surface area contributed by atoms with Gasteiger partial charge in [0.05, 0.1) is 17.9 Å². The summed E-state index contributed by atoms with van der Waals surface area (Å²) in [5.74, 6) is -0.363. The standard InChI is InChI=1S/C16H25N3O3/c1-12(21)17-13-7-5-6-8-14(13)18-15(22)9-19(4)10-16(2,3)11-20/h5-8,20H,9-11H2,1-4H3,(H,17,21)(H,18,22). The highest BCUT2D eigenvalue weighted by molar-refractivity contribution is 5.99. The molecule has 0 aromatic heterocycles. The molecule has 1 aromatic rings. The second-order valence-electron chi connectivity index (χ2n) is 6.27. The fraction of sp³-hybridized carbons (Fsp3) is 0.500. The average Bonchev–Trinajstić information content (AvgIpc) is 2.39. The van der Waals surface area contributed by atoms with Gasteiger partial charge in [-0.1, -0.05) is 26.0 Å². The number of nitrogens with one attached hydrogen (secondary N) is 2. The Hall–Kier alpha value is -1.92. The summed E-state index contributed by atoms with van der Waals surface area (Å²) in [5, 5.41) is 14.7. The van der Waals surface area contributed by atoms with E-state index >= 15 is 0 Å². The van der Waals surface area contributed by atoms with E-state index in [9.17, 15) is 14.7 Å². The summed E-state index contributed by atoms with van der Waals surface area (Å²) in [6, 6.07) is 7.05. The van der Waals surface area contributed by atoms with Crippen LogP contribution in [0.25, 0.3) is 0 Å². The lowest BCUT2D eigenvalue weighted by Gasteiger charge is -2.28. The third-order valence-corrected chi connectivity index (χ3v) is 3.05. The number of hydrogen-bond acceptors (Lipinski definition) is 4. The molecule has 0 heterocycles. The number of nitrogens with zero attached hydrogens (tertiary/aromatic N) is 1. The molecule has 0 saturated carbocycles. The molecule has 6 heteroatoms. The number of para-hydroxylation sites is 2. The Morgan fingerprint density at radius 3 is 2.23 bits per heavy atom. The molecule has 1 rings (SSSR count). The topological polar surface area (TPSA) is 81.7 Å². The van der Waals surface area contributed by atoms with Crippen molar-refractivity contribution in [1.29, 1.82) is 0 Å². The molecule has 2 amide bonds. The van der Waals surface area contributed by atoms with E-state index in [1.54, 1.807) is 24.3 Å². The number of amides is 2. The SMILES string of the molecule is CC(=O)Nc1ccccc1NC(=O)CN(C)CC(C)(C)CO. The van der Waals surface area contributed by atoms with Crippen molar-refractivity contribution in [3.8, 4) is 0 Å². The molecular weight excluding hydrogens is 282 g/mol. The molecular formula is C16H25N3O3. The number of aliphatic hydroxyl groups is 1. The van der Waals surface area contributed by atoms with Gasteiger partial charge in [-0.25, -0.2) is 0 Å². The highest BCUT2D eigenvalue weighted by Gasteiger charge is 2.20. The summed E-state index contributed by atoms with van der Waals surface area (Å²) in [7, 11) is 1.83. The fourth-order valence-electron chi connectivity index (χ4n) is 2.16. The highest BCUT2D eigenvalue weighted by Crippen LogP contribution is 2.21. The molecule has 0 spiro atoms. The number of anilines is 2. The molecule has 6 nitrogen and oxygen atoms in total. The maximum Gasteiger partial charge on any atom is 0.238 e. The van der Waals surface area contributed by atoms with Crippen LogP contribution >= 0.6 is 0 Å². The van der Waals surface area contributed by atoms with Crippen molar-refractivity contribution in [2.45, 2.75) is 20.8 Å². The quantitative estimate of drug-likeness (QED) is 0.713. The Morgan fingerprint density at radius 2 is 1.73 bits per heavy atom. The van der Waals surface area contributed by atoms with Crippen LogP contribution in [-0.4, -0.2) is 48.6 Å². The smallest absolute Gasteiger partial charge is 0.238 e. The van der Waals surface area contributed by atoms with E-state index in [1.807, 2.05) is 25.8 Å². The van der Waals surface area contributed by atoms with E-state index in [-0.39, 0.29) is 30.4 Å². The molecule has 0 unspecified atom stereocenters. The first-order chi connectivity index (χ1) is 10.2. The lowest BCUT2D eigenvalue weighted by molar-refractivity contribution is -0.117. The van der Waals surface area contributed by atoms with Gasteiger partial charge in [0.15, 0.2) is 0 Å². The number of carbonyl (C=O) groups excluding carboxylic acids is 2. The van der Waals surface area contributed by atoms with Crippen molar-refractivity contribution in [3.63, 3.8) is 0 Å². The van der Waals surface area contributed by atoms with Gasteiger partial charge in [0, 0.05) is 25.5 Å². The zero-order valence-electron chi connectivity index (χ0n) is 13.6. The Balaban J connectivity index is 2.64. The molecule has 0 bridgehead atoms. The van der Waals surface area contributed by atoms with Crippen molar-refractivity contribution in [3.05, 3.63) is 24.3 Å². The predicted molar refractivity (Wildman–Crippen MR) is 87.7 cm³/mol. The van der Waals surface area contributed by atoms with Gasteiger partial charge in [-0.05, 0) is 19.2 Å². The Morgan fingerprint density at radius 1 is 1.18 bits per heavy atom. The van der Waals surface area contributed by atoms with Crippen LogP contribution in [0.3, 0.4) is 0 Å². The fourth-order valence-corrected chi connectivity index (χ4v) is 2.16. The van der Waals surface area contributed by atoms with Crippen LogP contribution in [0.5, 0.6) is 0 Å². The second kappa shape index (κ2) is 7.91. The molecule has 0 atom stereocenters. The van der Waals surface area contributed by atoms with Crippen LogP contribution in [0.15, 0.2) is 24.3 Å². The van der Waals surface area contributed by atoms with Crippen molar-refractivity contribution >= 4 is 23.2 Å². The molecule has 0 saturated heterocycles. The van der Waals surface area contributed by atoms with Gasteiger partial charge in [-0.2, -0.15) is 0 Å². The minimum Gasteiger partial charge on any atom is -0.396 e. The summed E-state index contributed by atoms with van der Waals surface area (Å²) in [6.07, 6.45) is 0. The van der Waals surface area contributed by atoms with E-state index in [4.69, 9.17) is 0 Å². The molecule has 122 valence electrons. The number of hydrogen-bond donors (Lipinski definition) is 3. The summed E-state index contributed by atoms with van der Waals surface area (Å²) in [4.78, 5) is 25.1. The average molecular weight is 307 g/mol. The van der Waals surface area contributed by atoms with Crippen molar-refractivity contribution in [1.82, 2.24) is 4.90 Å². The van der Waals surface area contributed by atoms with Gasteiger partial charge >= 0.3 is 0 Å². The van der Waals surface area contributed by atoms with E-state index in [0.717, 1.165) is 0 Å². The van der Waals surface area contributed by atoms with Crippen LogP contribution in [0, 0.1) is 5.41 Å². The van der Waals surface area contributed by atoms with E-state index in [1.165, 1.54) is 6.92 Å². The van der Waals surface area contributed by atoms with Crippen LogP contribution in [0.2, 0.25) is 0 Å². The number of carbonyl (C=O) groups is 2. The molecule has 0 aliphatic carbocycles. The first-order valence-corrected chi connectivity index (χ1v) is 7.19. The molecule has 0 fully saturated rings. The summed E-state index contributed by atoms with van der Waals surface area (Å²) in [5.41, 5.74) is 0.877. The second-order valence-corrected chi connectivity index (χ2v) is 6.27. The zero-order valence-corrected chi connectivity index (χ0v) is 13.6. The Bertz CT molecular complexity index is 529. The van der Waals surface area contributed by atoms with Gasteiger partial charge in [-0.15, -0.1) is 0 Å². The minimum absolute atomic E-state index is 0.0598. The summed E-state index contributed by atoms with van der Waals surface area (Å²) in [6.45, 7) is 6.16. The monoisotopic (exact) mass is 307 g/mol. The van der Waals surface area contributed by atoms with Crippen LogP contribution in [0.4, 0.5) is 11.4 Å². The first-order valence-electron chi connectivity index (χ1n) is 7.19. The Kier molecular flexibility index (Phi) is 6.52. The maximum atomic E-state index is 12.1. The number of rotatable bonds is 7.